The highest BCUT2D eigenvalue weighted by molar-refractivity contribution is 5.94. The van der Waals surface area contributed by atoms with Crippen molar-refractivity contribution in [2.75, 3.05) is 11.9 Å². The number of aromatic nitrogens is 3. The molecule has 0 saturated heterocycles. The first-order valence-corrected chi connectivity index (χ1v) is 9.51. The minimum atomic E-state index is -0.800. The second-order valence-electron chi connectivity index (χ2n) is 7.56. The van der Waals surface area contributed by atoms with E-state index in [2.05, 4.69) is 20.5 Å². The Morgan fingerprint density at radius 2 is 2.03 bits per heavy atom. The summed E-state index contributed by atoms with van der Waals surface area (Å²) in [5, 5.41) is 11.9. The first-order chi connectivity index (χ1) is 14.0. The SMILES string of the molecule is Cc1cc(-c2cccc(C(N)=O)c2)nnc1NCC1(c2ccccn2)CC(F)C1. The Balaban J connectivity index is 1.53. The van der Waals surface area contributed by atoms with Gasteiger partial charge in [0.1, 0.15) is 6.17 Å². The summed E-state index contributed by atoms with van der Waals surface area (Å²) in [6.07, 6.45) is 1.83. The molecule has 0 atom stereocenters. The molecule has 0 radical (unpaired) electrons. The van der Waals surface area contributed by atoms with Gasteiger partial charge in [0, 0.05) is 35.0 Å². The van der Waals surface area contributed by atoms with Crippen LogP contribution in [-0.4, -0.2) is 33.8 Å². The van der Waals surface area contributed by atoms with Crippen LogP contribution in [0.3, 0.4) is 0 Å². The molecule has 1 aliphatic carbocycles. The number of benzene rings is 1. The van der Waals surface area contributed by atoms with Crippen molar-refractivity contribution < 1.29 is 9.18 Å². The largest absolute Gasteiger partial charge is 0.367 e. The molecule has 4 rings (SSSR count). The number of nitrogens with zero attached hydrogens (tertiary/aromatic N) is 3. The summed E-state index contributed by atoms with van der Waals surface area (Å²) in [6.45, 7) is 2.47. The highest BCUT2D eigenvalue weighted by atomic mass is 19.1. The zero-order valence-electron chi connectivity index (χ0n) is 16.1. The van der Waals surface area contributed by atoms with Gasteiger partial charge in [0.25, 0.3) is 0 Å². The van der Waals surface area contributed by atoms with Gasteiger partial charge in [-0.1, -0.05) is 18.2 Å². The first kappa shape index (κ1) is 19.0. The Morgan fingerprint density at radius 1 is 1.21 bits per heavy atom. The van der Waals surface area contributed by atoms with Crippen LogP contribution in [0.2, 0.25) is 0 Å². The van der Waals surface area contributed by atoms with Crippen molar-refractivity contribution in [3.05, 3.63) is 71.5 Å². The summed E-state index contributed by atoms with van der Waals surface area (Å²) >= 11 is 0. The molecule has 1 aromatic carbocycles. The van der Waals surface area contributed by atoms with Crippen molar-refractivity contribution >= 4 is 11.7 Å². The molecule has 29 heavy (non-hydrogen) atoms. The average Bonchev–Trinajstić information content (AvgIpc) is 2.71. The van der Waals surface area contributed by atoms with Gasteiger partial charge in [-0.05, 0) is 55.7 Å². The van der Waals surface area contributed by atoms with Crippen LogP contribution in [-0.2, 0) is 5.41 Å². The minimum absolute atomic E-state index is 0.330. The number of pyridine rings is 1. The fourth-order valence-corrected chi connectivity index (χ4v) is 3.79. The van der Waals surface area contributed by atoms with Crippen LogP contribution in [0.4, 0.5) is 10.2 Å². The molecule has 7 heteroatoms. The second-order valence-corrected chi connectivity index (χ2v) is 7.56. The van der Waals surface area contributed by atoms with Crippen LogP contribution in [0.25, 0.3) is 11.3 Å². The predicted octanol–water partition coefficient (Wildman–Crippen LogP) is 3.43. The monoisotopic (exact) mass is 391 g/mol. The number of halogens is 1. The molecule has 2 heterocycles. The van der Waals surface area contributed by atoms with Crippen molar-refractivity contribution in [2.45, 2.75) is 31.4 Å². The number of carbonyl (C=O) groups excluding carboxylic acids is 1. The number of anilines is 1. The number of nitrogens with two attached hydrogens (primary N) is 1. The fraction of sp³-hybridized carbons (Fsp3) is 0.273. The highest BCUT2D eigenvalue weighted by Crippen LogP contribution is 2.44. The van der Waals surface area contributed by atoms with Crippen LogP contribution in [0, 0.1) is 6.92 Å². The summed E-state index contributed by atoms with van der Waals surface area (Å²) in [7, 11) is 0. The lowest BCUT2D eigenvalue weighted by atomic mass is 9.65. The molecule has 1 saturated carbocycles. The number of hydrogen-bond acceptors (Lipinski definition) is 5. The van der Waals surface area contributed by atoms with Crippen molar-refractivity contribution in [1.82, 2.24) is 15.2 Å². The molecular weight excluding hydrogens is 369 g/mol. The van der Waals surface area contributed by atoms with E-state index < -0.39 is 12.1 Å². The summed E-state index contributed by atoms with van der Waals surface area (Å²) < 4.78 is 13.7. The lowest BCUT2D eigenvalue weighted by Gasteiger charge is -2.44. The van der Waals surface area contributed by atoms with Crippen LogP contribution in [0.5, 0.6) is 0 Å². The van der Waals surface area contributed by atoms with Crippen LogP contribution >= 0.6 is 0 Å². The average molecular weight is 391 g/mol. The van der Waals surface area contributed by atoms with Crippen molar-refractivity contribution in [1.29, 1.82) is 0 Å². The van der Waals surface area contributed by atoms with E-state index in [1.807, 2.05) is 37.3 Å². The molecule has 2 aromatic heterocycles. The summed E-state index contributed by atoms with van der Waals surface area (Å²) in [4.78, 5) is 15.8. The normalized spacial score (nSPS) is 20.7. The van der Waals surface area contributed by atoms with Gasteiger partial charge < -0.3 is 11.1 Å². The van der Waals surface area contributed by atoms with E-state index >= 15 is 0 Å². The Morgan fingerprint density at radius 3 is 2.69 bits per heavy atom. The molecule has 6 nitrogen and oxygen atoms in total. The molecule has 1 fully saturated rings. The van der Waals surface area contributed by atoms with Gasteiger partial charge in [-0.25, -0.2) is 4.39 Å². The van der Waals surface area contributed by atoms with Gasteiger partial charge in [0.05, 0.1) is 5.69 Å². The van der Waals surface area contributed by atoms with Gasteiger partial charge >= 0.3 is 0 Å². The number of hydrogen-bond donors (Lipinski definition) is 2. The third-order valence-corrected chi connectivity index (χ3v) is 5.45. The number of carbonyl (C=O) groups is 1. The minimum Gasteiger partial charge on any atom is -0.367 e. The summed E-state index contributed by atoms with van der Waals surface area (Å²) in [6, 6.07) is 14.6. The van der Waals surface area contributed by atoms with Crippen LogP contribution in [0.15, 0.2) is 54.7 Å². The number of rotatable bonds is 6. The Labute approximate surface area is 168 Å². The zero-order valence-corrected chi connectivity index (χ0v) is 16.1. The highest BCUT2D eigenvalue weighted by Gasteiger charge is 2.47. The molecule has 0 unspecified atom stereocenters. The summed E-state index contributed by atoms with van der Waals surface area (Å²) in [5.74, 6) is 0.165. The second kappa shape index (κ2) is 7.58. The molecule has 0 aliphatic heterocycles. The maximum Gasteiger partial charge on any atom is 0.248 e. The molecule has 0 spiro atoms. The van der Waals surface area contributed by atoms with Gasteiger partial charge in [0.2, 0.25) is 5.91 Å². The lowest BCUT2D eigenvalue weighted by molar-refractivity contribution is 0.0993. The number of aryl methyl sites for hydroxylation is 1. The quantitative estimate of drug-likeness (QED) is 0.671. The van der Waals surface area contributed by atoms with E-state index in [-0.39, 0.29) is 5.41 Å². The molecule has 0 bridgehead atoms. The van der Waals surface area contributed by atoms with Crippen LogP contribution in [0.1, 0.15) is 34.5 Å². The van der Waals surface area contributed by atoms with E-state index in [4.69, 9.17) is 5.73 Å². The lowest BCUT2D eigenvalue weighted by Crippen LogP contribution is -2.48. The molecule has 3 aromatic rings. The van der Waals surface area contributed by atoms with Gasteiger partial charge in [-0.2, -0.15) is 0 Å². The van der Waals surface area contributed by atoms with Crippen LogP contribution < -0.4 is 11.1 Å². The maximum atomic E-state index is 13.7. The first-order valence-electron chi connectivity index (χ1n) is 9.51. The van der Waals surface area contributed by atoms with E-state index in [1.54, 1.807) is 24.4 Å². The number of primary amides is 1. The van der Waals surface area contributed by atoms with E-state index in [9.17, 15) is 9.18 Å². The standard InChI is InChI=1S/C22H22FN5O/c1-14-9-18(15-5-4-6-16(10-15)20(24)29)27-28-21(14)26-13-22(11-17(23)12-22)19-7-2-3-8-25-19/h2-10,17H,11-13H2,1H3,(H2,24,29)(H,26,28). The van der Waals surface area contributed by atoms with E-state index in [0.717, 1.165) is 16.8 Å². The third-order valence-electron chi connectivity index (χ3n) is 5.45. The molecule has 1 aliphatic rings. The Hall–Kier alpha value is -3.35. The maximum absolute atomic E-state index is 13.7. The molecule has 148 valence electrons. The van der Waals surface area contributed by atoms with Crippen molar-refractivity contribution in [2.24, 2.45) is 5.73 Å². The van der Waals surface area contributed by atoms with Crippen molar-refractivity contribution in [3.63, 3.8) is 0 Å². The number of amides is 1. The van der Waals surface area contributed by atoms with Gasteiger partial charge in [-0.3, -0.25) is 9.78 Å². The van der Waals surface area contributed by atoms with Gasteiger partial charge in [0.15, 0.2) is 5.82 Å². The van der Waals surface area contributed by atoms with Crippen molar-refractivity contribution in [3.8, 4) is 11.3 Å². The molecule has 1 amide bonds. The van der Waals surface area contributed by atoms with Gasteiger partial charge in [-0.15, -0.1) is 10.2 Å². The molecular formula is C22H22FN5O. The number of nitrogens with one attached hydrogen (secondary N) is 1. The van der Waals surface area contributed by atoms with E-state index in [1.165, 1.54) is 0 Å². The third kappa shape index (κ3) is 3.81. The fourth-order valence-electron chi connectivity index (χ4n) is 3.79. The summed E-state index contributed by atoms with van der Waals surface area (Å²) in [5.41, 5.74) is 8.68. The molecule has 3 N–H and O–H groups in total. The Kier molecular flexibility index (Phi) is 4.96. The van der Waals surface area contributed by atoms with E-state index in [0.29, 0.717) is 36.5 Å². The topological polar surface area (TPSA) is 93.8 Å². The smallest absolute Gasteiger partial charge is 0.248 e. The zero-order chi connectivity index (χ0) is 20.4. The predicted molar refractivity (Wildman–Crippen MR) is 109 cm³/mol. The number of alkyl halides is 1. The Bertz CT molecular complexity index is 1030.